The van der Waals surface area contributed by atoms with Crippen molar-refractivity contribution in [3.8, 4) is 17.2 Å². The number of nitrogen functional groups attached to an aromatic ring is 1. The van der Waals surface area contributed by atoms with Gasteiger partial charge in [0, 0.05) is 16.8 Å². The molecule has 25 heavy (non-hydrogen) atoms. The summed E-state index contributed by atoms with van der Waals surface area (Å²) in [5.74, 6) is 5.45. The lowest BCUT2D eigenvalue weighted by Crippen LogP contribution is -2.29. The van der Waals surface area contributed by atoms with Crippen LogP contribution in [0.1, 0.15) is 20.7 Å². The van der Waals surface area contributed by atoms with E-state index in [2.05, 4.69) is 5.32 Å². The average molecular weight is 345 g/mol. The number of nitrogens with one attached hydrogen (secondary N) is 2. The molecule has 0 aliphatic rings. The summed E-state index contributed by atoms with van der Waals surface area (Å²) < 4.78 is 15.7. The number of carbonyl (C=O) groups is 2. The molecule has 0 aliphatic carbocycles. The van der Waals surface area contributed by atoms with Crippen molar-refractivity contribution in [3.63, 3.8) is 0 Å². The molecule has 2 aromatic carbocycles. The highest BCUT2D eigenvalue weighted by Crippen LogP contribution is 2.38. The Balaban J connectivity index is 2.24. The fourth-order valence-electron chi connectivity index (χ4n) is 2.20. The van der Waals surface area contributed by atoms with Crippen LogP contribution in [-0.4, -0.2) is 33.1 Å². The number of amides is 2. The predicted molar refractivity (Wildman–Crippen MR) is 92.1 cm³/mol. The average Bonchev–Trinajstić information content (AvgIpc) is 2.66. The number of ether oxygens (including phenoxy) is 3. The van der Waals surface area contributed by atoms with E-state index in [4.69, 9.17) is 20.1 Å². The van der Waals surface area contributed by atoms with Crippen molar-refractivity contribution < 1.29 is 23.8 Å². The quantitative estimate of drug-likeness (QED) is 0.416. The number of rotatable bonds is 6. The van der Waals surface area contributed by atoms with E-state index in [1.54, 1.807) is 36.4 Å². The third-order valence-electron chi connectivity index (χ3n) is 3.46. The summed E-state index contributed by atoms with van der Waals surface area (Å²) in [7, 11) is 4.43. The Morgan fingerprint density at radius 3 is 1.84 bits per heavy atom. The molecule has 0 aliphatic heterocycles. The van der Waals surface area contributed by atoms with Crippen LogP contribution in [0.2, 0.25) is 0 Å². The number of nitrogens with two attached hydrogens (primary N) is 1. The van der Waals surface area contributed by atoms with Crippen LogP contribution < -0.4 is 30.8 Å². The Hall–Kier alpha value is -3.26. The summed E-state index contributed by atoms with van der Waals surface area (Å²) in [4.78, 5) is 23.9. The van der Waals surface area contributed by atoms with Gasteiger partial charge in [-0.1, -0.05) is 0 Å². The van der Waals surface area contributed by atoms with E-state index in [1.807, 2.05) is 5.43 Å². The number of benzene rings is 2. The van der Waals surface area contributed by atoms with Crippen molar-refractivity contribution in [1.82, 2.24) is 5.43 Å². The van der Waals surface area contributed by atoms with Crippen LogP contribution >= 0.6 is 0 Å². The zero-order valence-electron chi connectivity index (χ0n) is 14.1. The van der Waals surface area contributed by atoms with E-state index in [-0.39, 0.29) is 5.91 Å². The van der Waals surface area contributed by atoms with Crippen LogP contribution in [-0.2, 0) is 0 Å². The minimum atomic E-state index is -0.414. The smallest absolute Gasteiger partial charge is 0.265 e. The van der Waals surface area contributed by atoms with Gasteiger partial charge in [-0.3, -0.25) is 15.0 Å². The van der Waals surface area contributed by atoms with Crippen LogP contribution in [0.15, 0.2) is 36.4 Å². The van der Waals surface area contributed by atoms with E-state index >= 15 is 0 Å². The van der Waals surface area contributed by atoms with E-state index in [1.165, 1.54) is 21.3 Å². The Morgan fingerprint density at radius 2 is 1.40 bits per heavy atom. The number of hydrogen-bond donors (Lipinski definition) is 3. The maximum absolute atomic E-state index is 12.5. The molecule has 0 bridgehead atoms. The maximum atomic E-state index is 12.5. The second kappa shape index (κ2) is 8.02. The van der Waals surface area contributed by atoms with Crippen molar-refractivity contribution in [2.24, 2.45) is 5.84 Å². The second-order valence-electron chi connectivity index (χ2n) is 4.92. The molecule has 2 aromatic rings. The highest BCUT2D eigenvalue weighted by molar-refractivity contribution is 6.05. The number of methoxy groups -OCH3 is 3. The van der Waals surface area contributed by atoms with Crippen molar-refractivity contribution in [2.75, 3.05) is 26.6 Å². The SMILES string of the molecule is COc1cc(C(=O)Nc2ccc(C(=O)NN)cc2)cc(OC)c1OC. The highest BCUT2D eigenvalue weighted by Gasteiger charge is 2.17. The molecule has 4 N–H and O–H groups in total. The minimum absolute atomic E-state index is 0.332. The summed E-state index contributed by atoms with van der Waals surface area (Å²) >= 11 is 0. The Bertz CT molecular complexity index is 749. The molecular formula is C17H19N3O5. The molecule has 0 atom stereocenters. The van der Waals surface area contributed by atoms with Crippen molar-refractivity contribution in [2.45, 2.75) is 0 Å². The van der Waals surface area contributed by atoms with Gasteiger partial charge in [0.05, 0.1) is 21.3 Å². The van der Waals surface area contributed by atoms with Crippen LogP contribution in [0.5, 0.6) is 17.2 Å². The molecule has 0 unspecified atom stereocenters. The molecule has 0 saturated heterocycles. The lowest BCUT2D eigenvalue weighted by molar-refractivity contribution is 0.0953. The standard InChI is InChI=1S/C17H19N3O5/c1-23-13-8-11(9-14(24-2)15(13)25-3)16(21)19-12-6-4-10(5-7-12)17(22)20-18/h4-9H,18H2,1-3H3,(H,19,21)(H,20,22). The van der Waals surface area contributed by atoms with E-state index in [0.717, 1.165) is 0 Å². The van der Waals surface area contributed by atoms with E-state index in [9.17, 15) is 9.59 Å². The molecule has 0 fully saturated rings. The van der Waals surface area contributed by atoms with Gasteiger partial charge in [-0.05, 0) is 36.4 Å². The second-order valence-corrected chi connectivity index (χ2v) is 4.92. The zero-order valence-corrected chi connectivity index (χ0v) is 14.1. The van der Waals surface area contributed by atoms with Crippen LogP contribution in [0.3, 0.4) is 0 Å². The van der Waals surface area contributed by atoms with Crippen molar-refractivity contribution >= 4 is 17.5 Å². The lowest BCUT2D eigenvalue weighted by Gasteiger charge is -2.14. The molecule has 0 radical (unpaired) electrons. The largest absolute Gasteiger partial charge is 0.493 e. The number of carbonyl (C=O) groups excluding carboxylic acids is 2. The van der Waals surface area contributed by atoms with Gasteiger partial charge in [-0.2, -0.15) is 0 Å². The summed E-state index contributed by atoms with van der Waals surface area (Å²) in [5.41, 5.74) is 3.27. The minimum Gasteiger partial charge on any atom is -0.493 e. The van der Waals surface area contributed by atoms with E-state index < -0.39 is 5.91 Å². The summed E-state index contributed by atoms with van der Waals surface area (Å²) in [6.45, 7) is 0. The molecule has 2 rings (SSSR count). The number of hydrazine groups is 1. The van der Waals surface area contributed by atoms with Gasteiger partial charge in [0.2, 0.25) is 5.75 Å². The highest BCUT2D eigenvalue weighted by atomic mass is 16.5. The van der Waals surface area contributed by atoms with E-state index in [0.29, 0.717) is 34.1 Å². The first-order chi connectivity index (χ1) is 12.0. The topological polar surface area (TPSA) is 112 Å². The first-order valence-electron chi connectivity index (χ1n) is 7.26. The lowest BCUT2D eigenvalue weighted by atomic mass is 10.1. The molecule has 0 aromatic heterocycles. The molecule has 0 spiro atoms. The Labute approximate surface area is 144 Å². The van der Waals surface area contributed by atoms with Gasteiger partial charge in [0.1, 0.15) is 0 Å². The van der Waals surface area contributed by atoms with Gasteiger partial charge < -0.3 is 19.5 Å². The molecule has 8 heteroatoms. The molecule has 0 saturated carbocycles. The third-order valence-corrected chi connectivity index (χ3v) is 3.46. The fourth-order valence-corrected chi connectivity index (χ4v) is 2.20. The monoisotopic (exact) mass is 345 g/mol. The summed E-state index contributed by atoms with van der Waals surface area (Å²) in [6, 6.07) is 9.39. The zero-order chi connectivity index (χ0) is 18.4. The first-order valence-corrected chi connectivity index (χ1v) is 7.26. The molecule has 132 valence electrons. The van der Waals surface area contributed by atoms with Gasteiger partial charge in [0.25, 0.3) is 11.8 Å². The predicted octanol–water partition coefficient (Wildman–Crippen LogP) is 1.57. The third kappa shape index (κ3) is 3.99. The first kappa shape index (κ1) is 18.1. The van der Waals surface area contributed by atoms with Gasteiger partial charge >= 0.3 is 0 Å². The van der Waals surface area contributed by atoms with Crippen LogP contribution in [0, 0.1) is 0 Å². The van der Waals surface area contributed by atoms with Gasteiger partial charge in [0.15, 0.2) is 11.5 Å². The molecular weight excluding hydrogens is 326 g/mol. The van der Waals surface area contributed by atoms with Gasteiger partial charge in [-0.25, -0.2) is 5.84 Å². The van der Waals surface area contributed by atoms with Crippen LogP contribution in [0.4, 0.5) is 5.69 Å². The molecule has 8 nitrogen and oxygen atoms in total. The Kier molecular flexibility index (Phi) is 5.80. The molecule has 0 heterocycles. The maximum Gasteiger partial charge on any atom is 0.265 e. The van der Waals surface area contributed by atoms with Crippen molar-refractivity contribution in [3.05, 3.63) is 47.5 Å². The number of hydrogen-bond acceptors (Lipinski definition) is 6. The summed E-state index contributed by atoms with van der Waals surface area (Å²) in [6.07, 6.45) is 0. The van der Waals surface area contributed by atoms with Crippen molar-refractivity contribution in [1.29, 1.82) is 0 Å². The summed E-state index contributed by atoms with van der Waals surface area (Å²) in [5, 5.41) is 2.73. The normalized spacial score (nSPS) is 9.92. The molecule has 2 amide bonds. The van der Waals surface area contributed by atoms with Gasteiger partial charge in [-0.15, -0.1) is 0 Å². The fraction of sp³-hybridized carbons (Fsp3) is 0.176. The van der Waals surface area contributed by atoms with Crippen LogP contribution in [0.25, 0.3) is 0 Å². The number of anilines is 1. The Morgan fingerprint density at radius 1 is 0.840 bits per heavy atom.